The number of β-amino-alcohol motifs (C(OH)–C–C–N with tert-alkyl or cyclic N) is 1. The summed E-state index contributed by atoms with van der Waals surface area (Å²) in [7, 11) is 0. The van der Waals surface area contributed by atoms with Gasteiger partial charge >= 0.3 is 0 Å². The maximum absolute atomic E-state index is 12.0. The van der Waals surface area contributed by atoms with Gasteiger partial charge in [0, 0.05) is 43.1 Å². The normalized spacial score (nSPS) is 22.3. The van der Waals surface area contributed by atoms with Crippen LogP contribution in [0.3, 0.4) is 0 Å². The molecule has 2 aromatic rings. The van der Waals surface area contributed by atoms with Gasteiger partial charge in [-0.1, -0.05) is 0 Å². The molecule has 1 aliphatic rings. The van der Waals surface area contributed by atoms with Gasteiger partial charge in [0.15, 0.2) is 0 Å². The van der Waals surface area contributed by atoms with E-state index in [1.54, 1.807) is 16.8 Å². The molecule has 2 atom stereocenters. The first kappa shape index (κ1) is 14.1. The number of nitrogens with zero attached hydrogens (tertiary/aromatic N) is 4. The van der Waals surface area contributed by atoms with Gasteiger partial charge in [0.1, 0.15) is 5.69 Å². The highest BCUT2D eigenvalue weighted by Gasteiger charge is 2.32. The maximum atomic E-state index is 12.0. The summed E-state index contributed by atoms with van der Waals surface area (Å²) < 4.78 is 0. The minimum absolute atomic E-state index is 0.255. The van der Waals surface area contributed by atoms with Gasteiger partial charge in [0.2, 0.25) is 0 Å². The Bertz CT molecular complexity index is 592. The summed E-state index contributed by atoms with van der Waals surface area (Å²) >= 11 is 1.58. The predicted molar refractivity (Wildman–Crippen MR) is 76.7 cm³/mol. The van der Waals surface area contributed by atoms with Gasteiger partial charge in [-0.2, -0.15) is 0 Å². The van der Waals surface area contributed by atoms with E-state index in [0.29, 0.717) is 13.1 Å². The van der Waals surface area contributed by atoms with Crippen LogP contribution in [0.15, 0.2) is 30.3 Å². The number of hydrogen-bond acceptors (Lipinski definition) is 7. The average molecular weight is 305 g/mol. The molecule has 0 aromatic carbocycles. The molecule has 110 valence electrons. The SMILES string of the molecule is O=C(N[C@@H]1CN(Cc2cncs2)C[C@H]1O)c1cnccn1. The molecule has 0 bridgehead atoms. The Kier molecular flexibility index (Phi) is 4.18. The van der Waals surface area contributed by atoms with Crippen molar-refractivity contribution in [3.8, 4) is 0 Å². The number of aromatic nitrogens is 3. The van der Waals surface area contributed by atoms with Gasteiger partial charge < -0.3 is 10.4 Å². The lowest BCUT2D eigenvalue weighted by Crippen LogP contribution is -2.43. The topological polar surface area (TPSA) is 91.2 Å². The maximum Gasteiger partial charge on any atom is 0.271 e. The molecule has 0 radical (unpaired) electrons. The lowest BCUT2D eigenvalue weighted by molar-refractivity contribution is 0.0883. The zero-order valence-electron chi connectivity index (χ0n) is 11.2. The van der Waals surface area contributed by atoms with E-state index in [2.05, 4.69) is 25.2 Å². The van der Waals surface area contributed by atoms with E-state index in [4.69, 9.17) is 0 Å². The number of rotatable bonds is 4. The smallest absolute Gasteiger partial charge is 0.271 e. The zero-order valence-corrected chi connectivity index (χ0v) is 12.0. The fourth-order valence-electron chi connectivity index (χ4n) is 2.34. The summed E-state index contributed by atoms with van der Waals surface area (Å²) in [5.74, 6) is -0.313. The van der Waals surface area contributed by atoms with E-state index in [1.165, 1.54) is 18.6 Å². The van der Waals surface area contributed by atoms with Crippen molar-refractivity contribution in [3.63, 3.8) is 0 Å². The molecule has 21 heavy (non-hydrogen) atoms. The Morgan fingerprint density at radius 1 is 1.38 bits per heavy atom. The molecule has 8 heteroatoms. The summed E-state index contributed by atoms with van der Waals surface area (Å²) in [5.41, 5.74) is 2.04. The molecule has 2 aromatic heterocycles. The van der Waals surface area contributed by atoms with Crippen molar-refractivity contribution >= 4 is 17.2 Å². The third kappa shape index (κ3) is 3.41. The number of thiazole rings is 1. The summed E-state index contributed by atoms with van der Waals surface area (Å²) in [6.07, 6.45) is 5.63. The van der Waals surface area contributed by atoms with Crippen LogP contribution >= 0.6 is 11.3 Å². The molecule has 1 fully saturated rings. The van der Waals surface area contributed by atoms with Crippen LogP contribution in [0.2, 0.25) is 0 Å². The van der Waals surface area contributed by atoms with Gasteiger partial charge in [-0.15, -0.1) is 11.3 Å². The van der Waals surface area contributed by atoms with Gasteiger partial charge in [0.25, 0.3) is 5.91 Å². The number of carbonyl (C=O) groups excluding carboxylic acids is 1. The number of likely N-dealkylation sites (tertiary alicyclic amines) is 1. The van der Waals surface area contributed by atoms with E-state index in [9.17, 15) is 9.90 Å². The molecule has 7 nitrogen and oxygen atoms in total. The van der Waals surface area contributed by atoms with Crippen molar-refractivity contribution in [2.24, 2.45) is 0 Å². The Morgan fingerprint density at radius 2 is 2.29 bits per heavy atom. The number of nitrogens with one attached hydrogen (secondary N) is 1. The molecule has 1 aliphatic heterocycles. The van der Waals surface area contributed by atoms with Crippen LogP contribution in [0.5, 0.6) is 0 Å². The standard InChI is InChI=1S/C13H15N5O2S/c19-12-7-18(5-9-3-15-8-21-9)6-11(12)17-13(20)10-4-14-1-2-16-10/h1-4,8,11-12,19H,5-7H2,(H,17,20)/t11-,12-/m1/s1. The second kappa shape index (κ2) is 6.25. The first-order chi connectivity index (χ1) is 10.2. The van der Waals surface area contributed by atoms with E-state index < -0.39 is 6.10 Å². The number of carbonyl (C=O) groups is 1. The Balaban J connectivity index is 1.58. The number of amides is 1. The Hall–Kier alpha value is -1.90. The lowest BCUT2D eigenvalue weighted by atomic mass is 10.2. The third-order valence-corrected chi connectivity index (χ3v) is 4.10. The molecule has 1 amide bonds. The number of hydrogen-bond donors (Lipinski definition) is 2. The monoisotopic (exact) mass is 305 g/mol. The van der Waals surface area contributed by atoms with E-state index >= 15 is 0 Å². The molecule has 3 rings (SSSR count). The summed E-state index contributed by atoms with van der Waals surface area (Å²) in [6.45, 7) is 1.87. The molecule has 1 saturated heterocycles. The minimum atomic E-state index is -0.585. The largest absolute Gasteiger partial charge is 0.390 e. The molecule has 0 spiro atoms. The summed E-state index contributed by atoms with van der Waals surface area (Å²) in [5, 5.41) is 12.9. The molecule has 0 aliphatic carbocycles. The minimum Gasteiger partial charge on any atom is -0.390 e. The quantitative estimate of drug-likeness (QED) is 0.820. The van der Waals surface area contributed by atoms with E-state index in [-0.39, 0.29) is 17.6 Å². The van der Waals surface area contributed by atoms with Crippen LogP contribution in [-0.4, -0.2) is 56.1 Å². The number of aliphatic hydroxyl groups excluding tert-OH is 1. The molecule has 3 heterocycles. The van der Waals surface area contributed by atoms with Crippen molar-refractivity contribution < 1.29 is 9.90 Å². The number of aliphatic hydroxyl groups is 1. The lowest BCUT2D eigenvalue weighted by Gasteiger charge is -2.15. The van der Waals surface area contributed by atoms with Crippen LogP contribution in [0.1, 0.15) is 15.4 Å². The first-order valence-electron chi connectivity index (χ1n) is 6.57. The Morgan fingerprint density at radius 3 is 3.00 bits per heavy atom. The molecular weight excluding hydrogens is 290 g/mol. The first-order valence-corrected chi connectivity index (χ1v) is 7.45. The van der Waals surface area contributed by atoms with Crippen molar-refractivity contribution in [2.75, 3.05) is 13.1 Å². The molecule has 0 saturated carbocycles. The van der Waals surface area contributed by atoms with Crippen LogP contribution in [0, 0.1) is 0 Å². The van der Waals surface area contributed by atoms with E-state index in [1.807, 2.05) is 6.20 Å². The average Bonchev–Trinajstić information content (AvgIpc) is 3.11. The van der Waals surface area contributed by atoms with Gasteiger partial charge in [-0.05, 0) is 0 Å². The van der Waals surface area contributed by atoms with Crippen LogP contribution < -0.4 is 5.32 Å². The fraction of sp³-hybridized carbons (Fsp3) is 0.385. The Labute approximate surface area is 125 Å². The zero-order chi connectivity index (χ0) is 14.7. The van der Waals surface area contributed by atoms with Crippen molar-refractivity contribution in [2.45, 2.75) is 18.7 Å². The highest BCUT2D eigenvalue weighted by molar-refractivity contribution is 7.09. The van der Waals surface area contributed by atoms with Gasteiger partial charge in [-0.3, -0.25) is 19.7 Å². The summed E-state index contributed by atoms with van der Waals surface area (Å²) in [4.78, 5) is 27.1. The second-order valence-electron chi connectivity index (χ2n) is 4.90. The fourth-order valence-corrected chi connectivity index (χ4v) is 2.97. The van der Waals surface area contributed by atoms with Gasteiger partial charge in [-0.25, -0.2) is 4.98 Å². The molecular formula is C13H15N5O2S. The van der Waals surface area contributed by atoms with E-state index in [0.717, 1.165) is 11.4 Å². The van der Waals surface area contributed by atoms with Crippen molar-refractivity contribution in [1.29, 1.82) is 0 Å². The summed E-state index contributed by atoms with van der Waals surface area (Å²) in [6, 6.07) is -0.299. The highest BCUT2D eigenvalue weighted by atomic mass is 32.1. The predicted octanol–water partition coefficient (Wildman–Crippen LogP) is -0.0918. The van der Waals surface area contributed by atoms with Crippen LogP contribution in [-0.2, 0) is 6.54 Å². The third-order valence-electron chi connectivity index (χ3n) is 3.34. The van der Waals surface area contributed by atoms with Gasteiger partial charge in [0.05, 0.1) is 23.9 Å². The van der Waals surface area contributed by atoms with Crippen LogP contribution in [0.25, 0.3) is 0 Å². The van der Waals surface area contributed by atoms with Crippen molar-refractivity contribution in [1.82, 2.24) is 25.2 Å². The highest BCUT2D eigenvalue weighted by Crippen LogP contribution is 2.16. The molecule has 2 N–H and O–H groups in total. The van der Waals surface area contributed by atoms with Crippen LogP contribution in [0.4, 0.5) is 0 Å². The van der Waals surface area contributed by atoms with Crippen molar-refractivity contribution in [3.05, 3.63) is 40.9 Å². The molecule has 0 unspecified atom stereocenters. The second-order valence-corrected chi connectivity index (χ2v) is 5.87.